The summed E-state index contributed by atoms with van der Waals surface area (Å²) >= 11 is 0. The number of hydrogen-bond acceptors (Lipinski definition) is 6. The molecule has 0 amide bonds. The van der Waals surface area contributed by atoms with Gasteiger partial charge in [-0.3, -0.25) is 9.69 Å². The Hall–Kier alpha value is -1.34. The molecule has 8 nitrogen and oxygen atoms in total. The summed E-state index contributed by atoms with van der Waals surface area (Å²) < 4.78 is 16.7. The zero-order chi connectivity index (χ0) is 16.3. The molecular formula is C15H24N4O4. The van der Waals surface area contributed by atoms with E-state index in [1.165, 1.54) is 0 Å². The van der Waals surface area contributed by atoms with E-state index < -0.39 is 5.79 Å². The first kappa shape index (κ1) is 16.5. The Balaban J connectivity index is 1.71. The molecule has 128 valence electrons. The van der Waals surface area contributed by atoms with E-state index in [9.17, 15) is 4.79 Å². The molecule has 0 bridgehead atoms. The van der Waals surface area contributed by atoms with Crippen LogP contribution in [-0.2, 0) is 19.0 Å². The van der Waals surface area contributed by atoms with Crippen molar-refractivity contribution in [2.75, 3.05) is 32.9 Å². The first-order chi connectivity index (χ1) is 11.1. The van der Waals surface area contributed by atoms with E-state index in [0.29, 0.717) is 26.4 Å². The highest BCUT2D eigenvalue weighted by Gasteiger charge is 2.52. The average Bonchev–Trinajstić information content (AvgIpc) is 3.10. The van der Waals surface area contributed by atoms with Gasteiger partial charge in [0.15, 0.2) is 5.79 Å². The second kappa shape index (κ2) is 6.65. The van der Waals surface area contributed by atoms with Crippen LogP contribution in [0.2, 0.25) is 0 Å². The summed E-state index contributed by atoms with van der Waals surface area (Å²) in [6.07, 6.45) is 4.17. The molecule has 1 atom stereocenters. The van der Waals surface area contributed by atoms with Gasteiger partial charge in [-0.1, -0.05) is 5.11 Å². The molecule has 0 aromatic rings. The third kappa shape index (κ3) is 3.30. The van der Waals surface area contributed by atoms with Crippen molar-refractivity contribution in [2.45, 2.75) is 56.4 Å². The molecule has 3 fully saturated rings. The van der Waals surface area contributed by atoms with Gasteiger partial charge in [0.25, 0.3) is 0 Å². The lowest BCUT2D eigenvalue weighted by molar-refractivity contribution is -0.192. The van der Waals surface area contributed by atoms with Crippen molar-refractivity contribution in [1.82, 2.24) is 4.90 Å². The van der Waals surface area contributed by atoms with Crippen molar-refractivity contribution < 1.29 is 19.0 Å². The minimum atomic E-state index is -0.433. The van der Waals surface area contributed by atoms with Crippen molar-refractivity contribution in [3.63, 3.8) is 0 Å². The normalized spacial score (nSPS) is 28.8. The predicted octanol–water partition coefficient (Wildman–Crippen LogP) is 1.99. The Morgan fingerprint density at radius 2 is 2.04 bits per heavy atom. The van der Waals surface area contributed by atoms with Crippen LogP contribution in [0.5, 0.6) is 0 Å². The number of esters is 1. The van der Waals surface area contributed by atoms with E-state index in [0.717, 1.165) is 32.1 Å². The van der Waals surface area contributed by atoms with Crippen LogP contribution >= 0.6 is 0 Å². The quantitative estimate of drug-likeness (QED) is 0.341. The minimum absolute atomic E-state index is 0.0890. The molecule has 0 aromatic heterocycles. The van der Waals surface area contributed by atoms with Gasteiger partial charge < -0.3 is 14.2 Å². The Bertz CT molecular complexity index is 490. The molecule has 3 aliphatic rings. The summed E-state index contributed by atoms with van der Waals surface area (Å²) in [5.74, 6) is -0.653. The monoisotopic (exact) mass is 324 g/mol. The maximum absolute atomic E-state index is 11.9. The van der Waals surface area contributed by atoms with Crippen molar-refractivity contribution in [3.8, 4) is 0 Å². The molecule has 0 N–H and O–H groups in total. The number of azide groups is 1. The summed E-state index contributed by atoms with van der Waals surface area (Å²) in [5, 5.41) is 3.89. The zero-order valence-corrected chi connectivity index (χ0v) is 13.6. The number of carbonyl (C=O) groups excluding carboxylic acids is 1. The lowest BCUT2D eigenvalue weighted by Crippen LogP contribution is -2.52. The third-order valence-corrected chi connectivity index (χ3v) is 5.31. The van der Waals surface area contributed by atoms with Gasteiger partial charge in [0.2, 0.25) is 0 Å². The smallest absolute Gasteiger partial charge is 0.320 e. The van der Waals surface area contributed by atoms with E-state index in [1.807, 2.05) is 0 Å². The molecule has 23 heavy (non-hydrogen) atoms. The summed E-state index contributed by atoms with van der Waals surface area (Å²) in [6.45, 7) is 4.35. The topological polar surface area (TPSA) is 96.8 Å². The van der Waals surface area contributed by atoms with E-state index in [1.54, 1.807) is 6.92 Å². The molecule has 1 saturated carbocycles. The summed E-state index contributed by atoms with van der Waals surface area (Å²) in [5.41, 5.74) is 8.62. The van der Waals surface area contributed by atoms with Crippen molar-refractivity contribution in [1.29, 1.82) is 0 Å². The number of hydrogen-bond donors (Lipinski definition) is 0. The molecule has 8 heteroatoms. The maximum Gasteiger partial charge on any atom is 0.320 e. The molecule has 2 aliphatic heterocycles. The van der Waals surface area contributed by atoms with E-state index in [-0.39, 0.29) is 24.1 Å². The van der Waals surface area contributed by atoms with Gasteiger partial charge in [0, 0.05) is 29.8 Å². The largest absolute Gasteiger partial charge is 0.465 e. The van der Waals surface area contributed by atoms with Crippen molar-refractivity contribution in [3.05, 3.63) is 10.4 Å². The van der Waals surface area contributed by atoms with Crippen LogP contribution in [0, 0.1) is 0 Å². The number of likely N-dealkylation sites (tertiary alicyclic amines) is 1. The average molecular weight is 324 g/mol. The van der Waals surface area contributed by atoms with Crippen LogP contribution in [0.4, 0.5) is 0 Å². The van der Waals surface area contributed by atoms with Gasteiger partial charge >= 0.3 is 5.97 Å². The number of nitrogens with zero attached hydrogens (tertiary/aromatic N) is 4. The fourth-order valence-corrected chi connectivity index (χ4v) is 4.23. The fourth-order valence-electron chi connectivity index (χ4n) is 4.23. The lowest BCUT2D eigenvalue weighted by atomic mass is 9.76. The van der Waals surface area contributed by atoms with Crippen LogP contribution in [0.25, 0.3) is 10.4 Å². The molecule has 1 aliphatic carbocycles. The standard InChI is InChI=1S/C15H24N4O4/c1-2-21-13(20)11-19-10-12(17-18-16)9-14(19)3-5-15(6-4-14)22-7-8-23-15/h12H,2-11H2,1H3/t12-/m0/s1. The highest BCUT2D eigenvalue weighted by molar-refractivity contribution is 5.71. The van der Waals surface area contributed by atoms with Crippen LogP contribution in [0.1, 0.15) is 39.0 Å². The SMILES string of the molecule is CCOC(=O)CN1C[C@@H](N=[N+]=[N-])CC12CCC1(CC2)OCCO1. The summed E-state index contributed by atoms with van der Waals surface area (Å²) in [4.78, 5) is 17.0. The van der Waals surface area contributed by atoms with Gasteiger partial charge in [-0.2, -0.15) is 0 Å². The molecule has 0 radical (unpaired) electrons. The third-order valence-electron chi connectivity index (χ3n) is 5.31. The van der Waals surface area contributed by atoms with Gasteiger partial charge in [-0.15, -0.1) is 0 Å². The minimum Gasteiger partial charge on any atom is -0.465 e. The highest BCUT2D eigenvalue weighted by Crippen LogP contribution is 2.47. The van der Waals surface area contributed by atoms with Gasteiger partial charge in [0.05, 0.1) is 32.4 Å². The maximum atomic E-state index is 11.9. The molecule has 2 saturated heterocycles. The first-order valence-corrected chi connectivity index (χ1v) is 8.34. The van der Waals surface area contributed by atoms with Crippen LogP contribution in [0.3, 0.4) is 0 Å². The molecular weight excluding hydrogens is 300 g/mol. The summed E-state index contributed by atoms with van der Waals surface area (Å²) in [6, 6.07) is -0.0890. The molecule has 2 spiro atoms. The second-order valence-electron chi connectivity index (χ2n) is 6.58. The highest BCUT2D eigenvalue weighted by atomic mass is 16.7. The van der Waals surface area contributed by atoms with Crippen molar-refractivity contribution >= 4 is 5.97 Å². The predicted molar refractivity (Wildman–Crippen MR) is 81.6 cm³/mol. The number of rotatable bonds is 4. The summed E-state index contributed by atoms with van der Waals surface area (Å²) in [7, 11) is 0. The van der Waals surface area contributed by atoms with E-state index in [4.69, 9.17) is 19.7 Å². The first-order valence-electron chi connectivity index (χ1n) is 8.34. The van der Waals surface area contributed by atoms with Crippen LogP contribution in [0.15, 0.2) is 5.11 Å². The molecule has 0 unspecified atom stereocenters. The number of ether oxygens (including phenoxy) is 3. The van der Waals surface area contributed by atoms with Crippen LogP contribution < -0.4 is 0 Å². The van der Waals surface area contributed by atoms with Crippen LogP contribution in [-0.4, -0.2) is 61.1 Å². The Kier molecular flexibility index (Phi) is 4.77. The molecule has 0 aromatic carbocycles. The second-order valence-corrected chi connectivity index (χ2v) is 6.58. The molecule has 2 heterocycles. The molecule has 3 rings (SSSR count). The lowest BCUT2D eigenvalue weighted by Gasteiger charge is -2.46. The van der Waals surface area contributed by atoms with E-state index >= 15 is 0 Å². The van der Waals surface area contributed by atoms with E-state index in [2.05, 4.69) is 14.9 Å². The van der Waals surface area contributed by atoms with Crippen molar-refractivity contribution in [2.24, 2.45) is 5.11 Å². The Morgan fingerprint density at radius 3 is 2.65 bits per heavy atom. The number of carbonyl (C=O) groups is 1. The zero-order valence-electron chi connectivity index (χ0n) is 13.6. The fraction of sp³-hybridized carbons (Fsp3) is 0.933. The Morgan fingerprint density at radius 1 is 1.35 bits per heavy atom. The van der Waals surface area contributed by atoms with Gasteiger partial charge in [-0.05, 0) is 31.7 Å². The van der Waals surface area contributed by atoms with Gasteiger partial charge in [-0.25, -0.2) is 0 Å². The van der Waals surface area contributed by atoms with Gasteiger partial charge in [0.1, 0.15) is 0 Å². The Labute approximate surface area is 135 Å².